The van der Waals surface area contributed by atoms with Gasteiger partial charge < -0.3 is 10.2 Å². The Morgan fingerprint density at radius 1 is 1.58 bits per heavy atom. The summed E-state index contributed by atoms with van der Waals surface area (Å²) >= 11 is 1.54. The number of aromatic nitrogens is 1. The van der Waals surface area contributed by atoms with E-state index in [2.05, 4.69) is 24.1 Å². The molecular weight excluding hydrogens is 305 g/mol. The van der Waals surface area contributed by atoms with Gasteiger partial charge in [0.15, 0.2) is 0 Å². The molecule has 0 saturated carbocycles. The summed E-state index contributed by atoms with van der Waals surface area (Å²) < 4.78 is 0. The van der Waals surface area contributed by atoms with Gasteiger partial charge in [0.05, 0.1) is 11.2 Å². The number of amides is 1. The van der Waals surface area contributed by atoms with Crippen LogP contribution in [0.15, 0.2) is 6.20 Å². The smallest absolute Gasteiger partial charge is 0.265 e. The van der Waals surface area contributed by atoms with E-state index in [0.717, 1.165) is 42.4 Å². The van der Waals surface area contributed by atoms with Crippen LogP contribution >= 0.6 is 36.2 Å². The summed E-state index contributed by atoms with van der Waals surface area (Å²) in [5.41, 5.74) is 0. The van der Waals surface area contributed by atoms with Crippen LogP contribution in [0.5, 0.6) is 0 Å². The van der Waals surface area contributed by atoms with Crippen molar-refractivity contribution in [3.8, 4) is 0 Å². The van der Waals surface area contributed by atoms with Gasteiger partial charge in [-0.3, -0.25) is 4.79 Å². The maximum atomic E-state index is 12.3. The van der Waals surface area contributed by atoms with E-state index in [4.69, 9.17) is 0 Å². The van der Waals surface area contributed by atoms with Crippen molar-refractivity contribution in [3.05, 3.63) is 16.1 Å². The number of nitrogens with one attached hydrogen (secondary N) is 1. The highest BCUT2D eigenvalue weighted by Crippen LogP contribution is 2.18. The van der Waals surface area contributed by atoms with Crippen LogP contribution in [0.4, 0.5) is 0 Å². The predicted molar refractivity (Wildman–Crippen MR) is 84.0 cm³/mol. The van der Waals surface area contributed by atoms with E-state index in [1.54, 1.807) is 6.20 Å². The van der Waals surface area contributed by atoms with Gasteiger partial charge >= 0.3 is 0 Å². The molecule has 1 aromatic heterocycles. The van der Waals surface area contributed by atoms with Crippen LogP contribution < -0.4 is 5.32 Å². The first kappa shape index (κ1) is 18.6. The number of halogens is 2. The molecule has 1 aliphatic heterocycles. The molecule has 0 bridgehead atoms. The van der Waals surface area contributed by atoms with E-state index < -0.39 is 0 Å². The van der Waals surface area contributed by atoms with Crippen molar-refractivity contribution in [2.45, 2.75) is 32.7 Å². The van der Waals surface area contributed by atoms with E-state index in [1.165, 1.54) is 11.3 Å². The van der Waals surface area contributed by atoms with Gasteiger partial charge in [-0.15, -0.1) is 36.2 Å². The van der Waals surface area contributed by atoms with E-state index in [9.17, 15) is 4.79 Å². The van der Waals surface area contributed by atoms with Crippen molar-refractivity contribution in [2.75, 3.05) is 19.6 Å². The Morgan fingerprint density at radius 2 is 2.32 bits per heavy atom. The van der Waals surface area contributed by atoms with Crippen molar-refractivity contribution >= 4 is 42.1 Å². The van der Waals surface area contributed by atoms with Crippen LogP contribution in [-0.4, -0.2) is 41.5 Å². The van der Waals surface area contributed by atoms with Gasteiger partial charge in [0.2, 0.25) is 0 Å². The Hall–Kier alpha value is -0.360. The molecular formula is C12H21Cl2N3OS. The van der Waals surface area contributed by atoms with Crippen molar-refractivity contribution in [1.29, 1.82) is 0 Å². The van der Waals surface area contributed by atoms with Gasteiger partial charge in [0.25, 0.3) is 5.91 Å². The summed E-state index contributed by atoms with van der Waals surface area (Å²) in [5.74, 6) is 0.138. The molecule has 1 amide bonds. The number of piperazine rings is 1. The van der Waals surface area contributed by atoms with Gasteiger partial charge in [0, 0.05) is 25.7 Å². The van der Waals surface area contributed by atoms with Crippen LogP contribution in [0.1, 0.15) is 34.9 Å². The third-order valence-corrected chi connectivity index (χ3v) is 4.04. The Morgan fingerprint density at radius 3 is 2.95 bits per heavy atom. The van der Waals surface area contributed by atoms with E-state index in [1.807, 2.05) is 4.90 Å². The Kier molecular flexibility index (Phi) is 8.57. The standard InChI is InChI=1S/C12H19N3OS.2ClH/c1-3-4-11-14-8-10(17-11)12(16)15-6-5-13-7-9(15)2;;/h8-9,13H,3-7H2,1-2H3;2*1H. The maximum absolute atomic E-state index is 12.3. The van der Waals surface area contributed by atoms with Gasteiger partial charge in [-0.1, -0.05) is 6.92 Å². The Labute approximate surface area is 130 Å². The number of carbonyl (C=O) groups excluding carboxylic acids is 1. The molecule has 110 valence electrons. The molecule has 1 aromatic rings. The topological polar surface area (TPSA) is 45.2 Å². The van der Waals surface area contributed by atoms with Crippen LogP contribution in [-0.2, 0) is 6.42 Å². The summed E-state index contributed by atoms with van der Waals surface area (Å²) in [6.07, 6.45) is 3.77. The van der Waals surface area contributed by atoms with E-state index in [0.29, 0.717) is 0 Å². The summed E-state index contributed by atoms with van der Waals surface area (Å²) in [6.45, 7) is 6.77. The van der Waals surface area contributed by atoms with Crippen molar-refractivity contribution in [1.82, 2.24) is 15.2 Å². The SMILES string of the molecule is CCCc1ncc(C(=O)N2CCNCC2C)s1.Cl.Cl. The van der Waals surface area contributed by atoms with Gasteiger partial charge in [-0.25, -0.2) is 4.98 Å². The second-order valence-corrected chi connectivity index (χ2v) is 5.54. The largest absolute Gasteiger partial charge is 0.333 e. The lowest BCUT2D eigenvalue weighted by Crippen LogP contribution is -2.52. The molecule has 1 saturated heterocycles. The summed E-state index contributed by atoms with van der Waals surface area (Å²) in [7, 11) is 0. The zero-order chi connectivity index (χ0) is 12.3. The number of carbonyl (C=O) groups is 1. The molecule has 2 heterocycles. The van der Waals surface area contributed by atoms with E-state index in [-0.39, 0.29) is 36.8 Å². The fraction of sp³-hybridized carbons (Fsp3) is 0.667. The summed E-state index contributed by atoms with van der Waals surface area (Å²) in [6, 6.07) is 0.271. The minimum atomic E-state index is 0. The van der Waals surface area contributed by atoms with Crippen molar-refractivity contribution < 1.29 is 4.79 Å². The predicted octanol–water partition coefficient (Wildman–Crippen LogP) is 2.37. The lowest BCUT2D eigenvalue weighted by molar-refractivity contribution is 0.0660. The zero-order valence-electron chi connectivity index (χ0n) is 11.2. The van der Waals surface area contributed by atoms with Gasteiger partial charge in [-0.2, -0.15) is 0 Å². The number of thiazole rings is 1. The summed E-state index contributed by atoms with van der Waals surface area (Å²) in [4.78, 5) is 19.3. The molecule has 0 radical (unpaired) electrons. The highest BCUT2D eigenvalue weighted by atomic mass is 35.5. The first-order valence-corrected chi connectivity index (χ1v) is 7.00. The van der Waals surface area contributed by atoms with E-state index >= 15 is 0 Å². The first-order chi connectivity index (χ1) is 8.22. The molecule has 4 nitrogen and oxygen atoms in total. The third kappa shape index (κ3) is 4.60. The third-order valence-electron chi connectivity index (χ3n) is 2.99. The first-order valence-electron chi connectivity index (χ1n) is 6.18. The number of rotatable bonds is 3. The molecule has 0 aromatic carbocycles. The lowest BCUT2D eigenvalue weighted by Gasteiger charge is -2.33. The van der Waals surface area contributed by atoms with Gasteiger partial charge in [-0.05, 0) is 19.8 Å². The molecule has 1 atom stereocenters. The molecule has 19 heavy (non-hydrogen) atoms. The number of nitrogens with zero attached hydrogens (tertiary/aromatic N) is 2. The van der Waals surface area contributed by atoms with Crippen molar-refractivity contribution in [2.24, 2.45) is 0 Å². The number of aryl methyl sites for hydroxylation is 1. The molecule has 2 rings (SSSR count). The van der Waals surface area contributed by atoms with Crippen LogP contribution in [0.25, 0.3) is 0 Å². The highest BCUT2D eigenvalue weighted by molar-refractivity contribution is 7.13. The van der Waals surface area contributed by atoms with Crippen LogP contribution in [0, 0.1) is 0 Å². The second kappa shape index (κ2) is 8.74. The Balaban J connectivity index is 0.00000162. The quantitative estimate of drug-likeness (QED) is 0.928. The molecule has 0 aliphatic carbocycles. The molecule has 7 heteroatoms. The lowest BCUT2D eigenvalue weighted by atomic mass is 10.2. The Bertz CT molecular complexity index is 400. The highest BCUT2D eigenvalue weighted by Gasteiger charge is 2.25. The fourth-order valence-electron chi connectivity index (χ4n) is 2.02. The monoisotopic (exact) mass is 325 g/mol. The van der Waals surface area contributed by atoms with Crippen molar-refractivity contribution in [3.63, 3.8) is 0 Å². The maximum Gasteiger partial charge on any atom is 0.265 e. The van der Waals surface area contributed by atoms with Crippen LogP contribution in [0.2, 0.25) is 0 Å². The zero-order valence-corrected chi connectivity index (χ0v) is 13.7. The van der Waals surface area contributed by atoms with Crippen LogP contribution in [0.3, 0.4) is 0 Å². The average Bonchev–Trinajstić information content (AvgIpc) is 2.78. The molecule has 0 spiro atoms. The number of hydrogen-bond acceptors (Lipinski definition) is 4. The second-order valence-electron chi connectivity index (χ2n) is 4.42. The fourth-order valence-corrected chi connectivity index (χ4v) is 3.00. The minimum absolute atomic E-state index is 0. The normalized spacial score (nSPS) is 18.4. The molecule has 1 aliphatic rings. The molecule has 1 fully saturated rings. The summed E-state index contributed by atoms with van der Waals surface area (Å²) in [5, 5.41) is 4.36. The van der Waals surface area contributed by atoms with Gasteiger partial charge in [0.1, 0.15) is 4.88 Å². The minimum Gasteiger partial charge on any atom is -0.333 e. The average molecular weight is 326 g/mol. The molecule has 1 N–H and O–H groups in total. The number of hydrogen-bond donors (Lipinski definition) is 1. The molecule has 1 unspecified atom stereocenters.